The highest BCUT2D eigenvalue weighted by Gasteiger charge is 2.22. The van der Waals surface area contributed by atoms with Gasteiger partial charge in [0.1, 0.15) is 0 Å². The van der Waals surface area contributed by atoms with Gasteiger partial charge in [0, 0.05) is 35.9 Å². The smallest absolute Gasteiger partial charge is 0.258 e. The monoisotopic (exact) mass is 545 g/mol. The van der Waals surface area contributed by atoms with Gasteiger partial charge in [-0.05, 0) is 65.8 Å². The number of nitrogens with zero attached hydrogens (tertiary/aromatic N) is 1. The van der Waals surface area contributed by atoms with Gasteiger partial charge < -0.3 is 24.1 Å². The van der Waals surface area contributed by atoms with Crippen LogP contribution in [0.2, 0.25) is 0 Å². The molecule has 0 bridgehead atoms. The molecule has 0 saturated carbocycles. The van der Waals surface area contributed by atoms with E-state index < -0.39 is 5.91 Å². The normalized spacial score (nSPS) is 10.8. The van der Waals surface area contributed by atoms with Crippen LogP contribution in [0.4, 0.5) is 5.69 Å². The van der Waals surface area contributed by atoms with E-state index in [0.29, 0.717) is 35.8 Å². The minimum atomic E-state index is -0.394. The fourth-order valence-electron chi connectivity index (χ4n) is 4.73. The first-order chi connectivity index (χ1) is 19.5. The number of carbonyl (C=O) groups is 2. The minimum Gasteiger partial charge on any atom is -0.493 e. The van der Waals surface area contributed by atoms with Crippen LogP contribution in [-0.4, -0.2) is 49.9 Å². The first-order valence-corrected chi connectivity index (χ1v) is 13.2. The van der Waals surface area contributed by atoms with Crippen LogP contribution >= 0.6 is 0 Å². The van der Waals surface area contributed by atoms with E-state index in [1.54, 1.807) is 22.5 Å². The summed E-state index contributed by atoms with van der Waals surface area (Å²) >= 11 is 0. The summed E-state index contributed by atoms with van der Waals surface area (Å²) in [6.07, 6.45) is 5.22. The molecule has 9 nitrogen and oxygen atoms in total. The molecule has 4 aromatic rings. The topological polar surface area (TPSA) is 113 Å². The number of aromatic amines is 1. The molecular formula is C31H35N3O6. The first kappa shape index (κ1) is 28.5. The quantitative estimate of drug-likeness (QED) is 0.108. The van der Waals surface area contributed by atoms with Crippen molar-refractivity contribution in [1.82, 2.24) is 10.5 Å². The number of unbranched alkanes of at least 4 members (excludes halogenated alkanes) is 3. The van der Waals surface area contributed by atoms with Gasteiger partial charge in [-0.15, -0.1) is 0 Å². The lowest BCUT2D eigenvalue weighted by Crippen LogP contribution is -2.32. The Morgan fingerprint density at radius 2 is 1.50 bits per heavy atom. The number of rotatable bonds is 13. The first-order valence-electron chi connectivity index (χ1n) is 13.2. The Morgan fingerprint density at radius 3 is 2.15 bits per heavy atom. The Bertz CT molecular complexity index is 1420. The fourth-order valence-corrected chi connectivity index (χ4v) is 4.73. The molecule has 1 aromatic heterocycles. The summed E-state index contributed by atoms with van der Waals surface area (Å²) in [5, 5.41) is 9.82. The molecule has 0 aliphatic rings. The van der Waals surface area contributed by atoms with Gasteiger partial charge in [-0.25, -0.2) is 5.48 Å². The Kier molecular flexibility index (Phi) is 9.64. The zero-order valence-corrected chi connectivity index (χ0v) is 23.0. The molecule has 0 fully saturated rings. The zero-order chi connectivity index (χ0) is 28.5. The molecule has 0 radical (unpaired) electrons. The average Bonchev–Trinajstić information content (AvgIpc) is 3.47. The lowest BCUT2D eigenvalue weighted by Gasteiger charge is -2.24. The van der Waals surface area contributed by atoms with E-state index in [1.165, 1.54) is 21.3 Å². The highest BCUT2D eigenvalue weighted by Crippen LogP contribution is 2.39. The SMILES string of the molecule is COc1cc(C(=O)N(CCCCCCC(=O)NO)c2ccc(-c3ccc4cc[nH]c4c3)cc2)cc(OC)c1OC. The van der Waals surface area contributed by atoms with E-state index in [1.807, 2.05) is 36.5 Å². The van der Waals surface area contributed by atoms with E-state index in [-0.39, 0.29) is 12.3 Å². The summed E-state index contributed by atoms with van der Waals surface area (Å²) in [6.45, 7) is 0.482. The van der Waals surface area contributed by atoms with Gasteiger partial charge in [0.05, 0.1) is 21.3 Å². The maximum absolute atomic E-state index is 13.9. The molecule has 3 aromatic carbocycles. The zero-order valence-electron chi connectivity index (χ0n) is 23.0. The molecular weight excluding hydrogens is 510 g/mol. The van der Waals surface area contributed by atoms with E-state index in [4.69, 9.17) is 19.4 Å². The molecule has 0 saturated heterocycles. The molecule has 4 rings (SSSR count). The molecule has 210 valence electrons. The Balaban J connectivity index is 1.58. The maximum Gasteiger partial charge on any atom is 0.258 e. The molecule has 0 atom stereocenters. The van der Waals surface area contributed by atoms with E-state index >= 15 is 0 Å². The number of fused-ring (bicyclic) bond motifs is 1. The number of aromatic nitrogens is 1. The fraction of sp³-hybridized carbons (Fsp3) is 0.290. The molecule has 0 spiro atoms. The number of benzene rings is 3. The minimum absolute atomic E-state index is 0.195. The molecule has 3 N–H and O–H groups in total. The van der Waals surface area contributed by atoms with Crippen molar-refractivity contribution in [2.75, 3.05) is 32.8 Å². The molecule has 9 heteroatoms. The van der Waals surface area contributed by atoms with Crippen molar-refractivity contribution in [1.29, 1.82) is 0 Å². The maximum atomic E-state index is 13.9. The summed E-state index contributed by atoms with van der Waals surface area (Å²) in [6, 6.07) is 19.6. The number of H-pyrrole nitrogens is 1. The predicted molar refractivity (Wildman–Crippen MR) is 155 cm³/mol. The molecule has 0 unspecified atom stereocenters. The van der Waals surface area contributed by atoms with Crippen LogP contribution in [0, 0.1) is 0 Å². The van der Waals surface area contributed by atoms with Gasteiger partial charge >= 0.3 is 0 Å². The number of amides is 2. The van der Waals surface area contributed by atoms with Crippen LogP contribution in [0.3, 0.4) is 0 Å². The summed E-state index contributed by atoms with van der Waals surface area (Å²) in [4.78, 5) is 30.2. The largest absolute Gasteiger partial charge is 0.493 e. The highest BCUT2D eigenvalue weighted by atomic mass is 16.5. The number of hydroxylamine groups is 1. The highest BCUT2D eigenvalue weighted by molar-refractivity contribution is 6.07. The van der Waals surface area contributed by atoms with Gasteiger partial charge in [0.15, 0.2) is 11.5 Å². The number of carbonyl (C=O) groups excluding carboxylic acids is 2. The van der Waals surface area contributed by atoms with Crippen molar-refractivity contribution in [2.24, 2.45) is 0 Å². The Hall–Kier alpha value is -4.50. The van der Waals surface area contributed by atoms with Crippen molar-refractivity contribution < 1.29 is 29.0 Å². The third-order valence-corrected chi connectivity index (χ3v) is 6.88. The van der Waals surface area contributed by atoms with E-state index in [0.717, 1.165) is 47.0 Å². The number of ether oxygens (including phenoxy) is 3. The summed E-state index contributed by atoms with van der Waals surface area (Å²) in [7, 11) is 4.56. The van der Waals surface area contributed by atoms with Gasteiger partial charge in [0.25, 0.3) is 5.91 Å². The summed E-state index contributed by atoms with van der Waals surface area (Å²) < 4.78 is 16.4. The number of hydrogen-bond donors (Lipinski definition) is 3. The standard InChI is InChI=1S/C31H35N3O6/c1-38-27-19-24(20-28(39-2)30(27)40-3)31(36)34(17-7-5-4-6-8-29(35)33-37)25-13-11-21(12-14-25)23-10-9-22-15-16-32-26(22)18-23/h9-16,18-20,32,37H,4-8,17H2,1-3H3,(H,33,35). The van der Waals surface area contributed by atoms with Crippen LogP contribution < -0.4 is 24.6 Å². The number of nitrogens with one attached hydrogen (secondary N) is 2. The van der Waals surface area contributed by atoms with E-state index in [9.17, 15) is 9.59 Å². The third kappa shape index (κ3) is 6.55. The molecule has 40 heavy (non-hydrogen) atoms. The lowest BCUT2D eigenvalue weighted by atomic mass is 10.0. The van der Waals surface area contributed by atoms with Crippen LogP contribution in [0.1, 0.15) is 42.5 Å². The average molecular weight is 546 g/mol. The second-order valence-electron chi connectivity index (χ2n) is 9.40. The Labute approximate surface area is 233 Å². The molecule has 1 heterocycles. The number of hydrogen-bond acceptors (Lipinski definition) is 6. The van der Waals surface area contributed by atoms with Gasteiger partial charge in [-0.2, -0.15) is 0 Å². The van der Waals surface area contributed by atoms with Crippen LogP contribution in [0.15, 0.2) is 66.9 Å². The van der Waals surface area contributed by atoms with Crippen LogP contribution in [-0.2, 0) is 4.79 Å². The number of anilines is 1. The second-order valence-corrected chi connectivity index (χ2v) is 9.40. The van der Waals surface area contributed by atoms with Gasteiger partial charge in [0.2, 0.25) is 11.7 Å². The summed E-state index contributed by atoms with van der Waals surface area (Å²) in [5.41, 5.74) is 6.03. The third-order valence-electron chi connectivity index (χ3n) is 6.88. The molecule has 2 amide bonds. The van der Waals surface area contributed by atoms with Crippen LogP contribution in [0.5, 0.6) is 17.2 Å². The van der Waals surface area contributed by atoms with Crippen molar-refractivity contribution in [3.8, 4) is 28.4 Å². The van der Waals surface area contributed by atoms with Crippen molar-refractivity contribution in [3.05, 3.63) is 72.4 Å². The predicted octanol–water partition coefficient (Wildman–Crippen LogP) is 5.96. The summed E-state index contributed by atoms with van der Waals surface area (Å²) in [5.74, 6) is 0.641. The molecule has 0 aliphatic heterocycles. The number of methoxy groups -OCH3 is 3. The van der Waals surface area contributed by atoms with Crippen molar-refractivity contribution >= 4 is 28.4 Å². The lowest BCUT2D eigenvalue weighted by molar-refractivity contribution is -0.129. The molecule has 0 aliphatic carbocycles. The van der Waals surface area contributed by atoms with Crippen LogP contribution in [0.25, 0.3) is 22.0 Å². The van der Waals surface area contributed by atoms with E-state index in [2.05, 4.69) is 23.2 Å². The second kappa shape index (κ2) is 13.5. The Morgan fingerprint density at radius 1 is 0.825 bits per heavy atom. The van der Waals surface area contributed by atoms with Crippen molar-refractivity contribution in [3.63, 3.8) is 0 Å². The van der Waals surface area contributed by atoms with Gasteiger partial charge in [-0.1, -0.05) is 37.1 Å². The van der Waals surface area contributed by atoms with Crippen molar-refractivity contribution in [2.45, 2.75) is 32.1 Å². The van der Waals surface area contributed by atoms with Gasteiger partial charge in [-0.3, -0.25) is 14.8 Å².